The Morgan fingerprint density at radius 3 is 2.26 bits per heavy atom. The highest BCUT2D eigenvalue weighted by molar-refractivity contribution is 5.94. The topological polar surface area (TPSA) is 99.1 Å². The predicted octanol–water partition coefficient (Wildman–Crippen LogP) is 4.19. The Morgan fingerprint density at radius 1 is 0.947 bits per heavy atom. The van der Waals surface area contributed by atoms with E-state index in [1.54, 1.807) is 9.80 Å². The second-order valence-electron chi connectivity index (χ2n) is 11.2. The fourth-order valence-corrected chi connectivity index (χ4v) is 5.33. The summed E-state index contributed by atoms with van der Waals surface area (Å²) < 4.78 is 10.8. The molecule has 202 valence electrons. The minimum absolute atomic E-state index is 0.00761. The molecule has 2 aliphatic heterocycles. The molecule has 1 aromatic heterocycles. The Kier molecular flexibility index (Phi) is 7.29. The molecule has 0 unspecified atom stereocenters. The third-order valence-corrected chi connectivity index (χ3v) is 7.33. The van der Waals surface area contributed by atoms with E-state index in [-0.39, 0.29) is 12.0 Å². The third kappa shape index (κ3) is 5.93. The van der Waals surface area contributed by atoms with E-state index in [0.717, 1.165) is 43.6 Å². The first-order valence-electron chi connectivity index (χ1n) is 13.4. The number of oxazole rings is 1. The number of aromatic amines is 1. The Bertz CT molecular complexity index is 1340. The molecule has 0 bridgehead atoms. The van der Waals surface area contributed by atoms with Crippen molar-refractivity contribution in [1.82, 2.24) is 19.7 Å². The molecule has 3 aromatic rings. The number of ether oxygens (including phenoxy) is 1. The quantitative estimate of drug-likeness (QED) is 0.554. The van der Waals surface area contributed by atoms with Gasteiger partial charge in [-0.25, -0.2) is 9.59 Å². The zero-order valence-corrected chi connectivity index (χ0v) is 22.4. The average Bonchev–Trinajstić information content (AvgIpc) is 3.29. The monoisotopic (exact) mass is 520 g/mol. The smallest absolute Gasteiger partial charge is 0.417 e. The minimum Gasteiger partial charge on any atom is -0.444 e. The molecule has 0 atom stereocenters. The SMILES string of the molecule is CC(C)(C)OC(=O)N1CCN(C(=O)c2ccc(CN3CCC(c4cccc5[nH]c(=O)oc45)CC3)cc2)CC1. The summed E-state index contributed by atoms with van der Waals surface area (Å²) in [5, 5.41) is 0. The molecule has 2 amide bonds. The lowest BCUT2D eigenvalue weighted by Gasteiger charge is -2.35. The Morgan fingerprint density at radius 2 is 1.61 bits per heavy atom. The standard InChI is InChI=1S/C29H36N4O5/c1-29(2,3)38-28(36)33-17-15-32(16-18-33)26(34)22-9-7-20(8-10-22)19-31-13-11-21(12-14-31)23-5-4-6-24-25(23)37-27(35)30-24/h4-10,21H,11-19H2,1-3H3,(H,30,35). The van der Waals surface area contributed by atoms with Crippen molar-refractivity contribution in [2.75, 3.05) is 39.3 Å². The fraction of sp³-hybridized carbons (Fsp3) is 0.483. The fourth-order valence-electron chi connectivity index (χ4n) is 5.33. The second-order valence-corrected chi connectivity index (χ2v) is 11.2. The van der Waals surface area contributed by atoms with E-state index in [0.29, 0.717) is 43.2 Å². The van der Waals surface area contributed by atoms with Crippen LogP contribution in [0.4, 0.5) is 4.79 Å². The van der Waals surface area contributed by atoms with Crippen molar-refractivity contribution in [3.05, 3.63) is 69.7 Å². The average molecular weight is 521 g/mol. The largest absolute Gasteiger partial charge is 0.444 e. The van der Waals surface area contributed by atoms with Crippen molar-refractivity contribution in [3.8, 4) is 0 Å². The number of amides is 2. The number of hydrogen-bond acceptors (Lipinski definition) is 6. The zero-order chi connectivity index (χ0) is 26.9. The van der Waals surface area contributed by atoms with E-state index < -0.39 is 11.4 Å². The summed E-state index contributed by atoms with van der Waals surface area (Å²) in [4.78, 5) is 45.6. The van der Waals surface area contributed by atoms with Crippen molar-refractivity contribution < 1.29 is 18.7 Å². The van der Waals surface area contributed by atoms with Gasteiger partial charge in [-0.05, 0) is 76.4 Å². The van der Waals surface area contributed by atoms with Crippen LogP contribution < -0.4 is 5.76 Å². The van der Waals surface area contributed by atoms with Crippen LogP contribution in [0.5, 0.6) is 0 Å². The molecule has 0 spiro atoms. The summed E-state index contributed by atoms with van der Waals surface area (Å²) in [6, 6.07) is 13.8. The first kappa shape index (κ1) is 26.0. The van der Waals surface area contributed by atoms with Crippen LogP contribution in [-0.2, 0) is 11.3 Å². The van der Waals surface area contributed by atoms with Gasteiger partial charge in [0.2, 0.25) is 0 Å². The number of hydrogen-bond donors (Lipinski definition) is 1. The molecular weight excluding hydrogens is 484 g/mol. The van der Waals surface area contributed by atoms with Gasteiger partial charge in [0.05, 0.1) is 5.52 Å². The number of rotatable bonds is 4. The van der Waals surface area contributed by atoms with Gasteiger partial charge in [0.1, 0.15) is 5.60 Å². The lowest BCUT2D eigenvalue weighted by atomic mass is 9.88. The van der Waals surface area contributed by atoms with Crippen LogP contribution in [0.2, 0.25) is 0 Å². The molecule has 38 heavy (non-hydrogen) atoms. The van der Waals surface area contributed by atoms with Gasteiger partial charge < -0.3 is 19.0 Å². The van der Waals surface area contributed by atoms with Crippen LogP contribution in [0.15, 0.2) is 51.7 Å². The highest BCUT2D eigenvalue weighted by atomic mass is 16.6. The summed E-state index contributed by atoms with van der Waals surface area (Å²) in [7, 11) is 0. The Balaban J connectivity index is 1.11. The lowest BCUT2D eigenvalue weighted by Crippen LogP contribution is -2.51. The van der Waals surface area contributed by atoms with Crippen molar-refractivity contribution in [2.45, 2.75) is 51.7 Å². The molecule has 2 fully saturated rings. The zero-order valence-electron chi connectivity index (χ0n) is 22.4. The molecule has 0 radical (unpaired) electrons. The van der Waals surface area contributed by atoms with Crippen LogP contribution in [0.25, 0.3) is 11.1 Å². The van der Waals surface area contributed by atoms with E-state index in [1.807, 2.05) is 57.2 Å². The van der Waals surface area contributed by atoms with Gasteiger partial charge in [-0.2, -0.15) is 0 Å². The van der Waals surface area contributed by atoms with Gasteiger partial charge >= 0.3 is 11.8 Å². The van der Waals surface area contributed by atoms with Crippen molar-refractivity contribution in [2.24, 2.45) is 0 Å². The molecule has 2 aromatic carbocycles. The van der Waals surface area contributed by atoms with Crippen LogP contribution in [-0.4, -0.2) is 76.6 Å². The third-order valence-electron chi connectivity index (χ3n) is 7.33. The number of carbonyl (C=O) groups excluding carboxylic acids is 2. The highest BCUT2D eigenvalue weighted by Gasteiger charge is 2.28. The maximum atomic E-state index is 13.0. The molecule has 9 heteroatoms. The van der Waals surface area contributed by atoms with E-state index in [4.69, 9.17) is 9.15 Å². The van der Waals surface area contributed by atoms with Crippen molar-refractivity contribution in [1.29, 1.82) is 0 Å². The number of H-pyrrole nitrogens is 1. The summed E-state index contributed by atoms with van der Waals surface area (Å²) in [5.41, 5.74) is 3.86. The van der Waals surface area contributed by atoms with Crippen LogP contribution >= 0.6 is 0 Å². The summed E-state index contributed by atoms with van der Waals surface area (Å²) >= 11 is 0. The van der Waals surface area contributed by atoms with Gasteiger partial charge in [0, 0.05) is 43.9 Å². The number of carbonyl (C=O) groups is 2. The van der Waals surface area contributed by atoms with Crippen LogP contribution in [0, 0.1) is 0 Å². The number of piperazine rings is 1. The molecular formula is C29H36N4O5. The molecule has 1 N–H and O–H groups in total. The molecule has 0 aliphatic carbocycles. The van der Waals surface area contributed by atoms with Gasteiger partial charge in [-0.1, -0.05) is 24.3 Å². The van der Waals surface area contributed by atoms with Gasteiger partial charge in [0.15, 0.2) is 5.58 Å². The van der Waals surface area contributed by atoms with Gasteiger partial charge in [-0.15, -0.1) is 0 Å². The van der Waals surface area contributed by atoms with Crippen molar-refractivity contribution >= 4 is 23.1 Å². The normalized spacial score (nSPS) is 17.7. The minimum atomic E-state index is -0.530. The maximum absolute atomic E-state index is 13.0. The Labute approximate surface area is 222 Å². The number of piperidine rings is 1. The van der Waals surface area contributed by atoms with E-state index in [1.165, 1.54) is 5.56 Å². The lowest BCUT2D eigenvalue weighted by molar-refractivity contribution is 0.0141. The van der Waals surface area contributed by atoms with E-state index >= 15 is 0 Å². The first-order chi connectivity index (χ1) is 18.2. The number of fused-ring (bicyclic) bond motifs is 1. The summed E-state index contributed by atoms with van der Waals surface area (Å²) in [6.45, 7) is 10.2. The maximum Gasteiger partial charge on any atom is 0.417 e. The molecule has 9 nitrogen and oxygen atoms in total. The van der Waals surface area contributed by atoms with Gasteiger partial charge in [0.25, 0.3) is 5.91 Å². The number of likely N-dealkylation sites (tertiary alicyclic amines) is 1. The van der Waals surface area contributed by atoms with E-state index in [9.17, 15) is 14.4 Å². The molecule has 0 saturated carbocycles. The molecule has 5 rings (SSSR count). The summed E-state index contributed by atoms with van der Waals surface area (Å²) in [6.07, 6.45) is 1.67. The number of nitrogens with zero attached hydrogens (tertiary/aromatic N) is 3. The van der Waals surface area contributed by atoms with Gasteiger partial charge in [-0.3, -0.25) is 14.7 Å². The molecule has 2 saturated heterocycles. The van der Waals surface area contributed by atoms with Crippen LogP contribution in [0.1, 0.15) is 61.0 Å². The number of nitrogens with one attached hydrogen (secondary N) is 1. The predicted molar refractivity (Wildman–Crippen MR) is 144 cm³/mol. The van der Waals surface area contributed by atoms with Crippen LogP contribution in [0.3, 0.4) is 0 Å². The Hall–Kier alpha value is -3.59. The highest BCUT2D eigenvalue weighted by Crippen LogP contribution is 2.32. The number of aromatic nitrogens is 1. The first-order valence-corrected chi connectivity index (χ1v) is 13.4. The van der Waals surface area contributed by atoms with E-state index in [2.05, 4.69) is 16.0 Å². The molecule has 3 heterocycles. The number of benzene rings is 2. The second kappa shape index (κ2) is 10.6. The van der Waals surface area contributed by atoms with Crippen molar-refractivity contribution in [3.63, 3.8) is 0 Å². The number of para-hydroxylation sites is 1. The molecule has 2 aliphatic rings. The summed E-state index contributed by atoms with van der Waals surface area (Å²) in [5.74, 6) is -0.0497.